The molecule has 8 rings (SSSR count). The van der Waals surface area contributed by atoms with E-state index in [-0.39, 0.29) is 11.9 Å². The van der Waals surface area contributed by atoms with Gasteiger partial charge in [-0.25, -0.2) is 0 Å². The first-order valence-corrected chi connectivity index (χ1v) is 12.2. The highest BCUT2D eigenvalue weighted by molar-refractivity contribution is 6.23. The van der Waals surface area contributed by atoms with Crippen LogP contribution in [0.3, 0.4) is 0 Å². The number of hydrogen-bond donors (Lipinski definition) is 1. The SMILES string of the molecule is N#CC1CC2CC2N1C(=O)C(N1C(=O)c2ccccc2C1=O)C12CC3CC(CC(O)(C3)C1)C2. The molecule has 5 saturated carbocycles. The number of benzene rings is 1. The van der Waals surface area contributed by atoms with Crippen LogP contribution in [-0.2, 0) is 4.79 Å². The van der Waals surface area contributed by atoms with Crippen molar-refractivity contribution in [1.82, 2.24) is 9.80 Å². The molecule has 7 nitrogen and oxygen atoms in total. The third kappa shape index (κ3) is 2.56. The minimum atomic E-state index is -0.961. The van der Waals surface area contributed by atoms with Crippen molar-refractivity contribution in [3.8, 4) is 6.07 Å². The molecular weight excluding hydrogens is 418 g/mol. The molecule has 7 heteroatoms. The van der Waals surface area contributed by atoms with Crippen molar-refractivity contribution >= 4 is 17.7 Å². The lowest BCUT2D eigenvalue weighted by Gasteiger charge is -2.62. The second kappa shape index (κ2) is 6.24. The Kier molecular flexibility index (Phi) is 3.73. The summed E-state index contributed by atoms with van der Waals surface area (Å²) in [6.07, 6.45) is 6.01. The number of hydrogen-bond acceptors (Lipinski definition) is 5. The van der Waals surface area contributed by atoms with Gasteiger partial charge in [0.15, 0.2) is 0 Å². The molecule has 0 spiro atoms. The lowest BCUT2D eigenvalue weighted by Crippen LogP contribution is -2.67. The summed E-state index contributed by atoms with van der Waals surface area (Å²) in [5.41, 5.74) is -0.781. The van der Waals surface area contributed by atoms with Crippen molar-refractivity contribution < 1.29 is 19.5 Å². The van der Waals surface area contributed by atoms with Crippen molar-refractivity contribution in [2.75, 3.05) is 0 Å². The van der Waals surface area contributed by atoms with E-state index >= 15 is 0 Å². The number of fused-ring (bicyclic) bond motifs is 2. The van der Waals surface area contributed by atoms with Crippen molar-refractivity contribution in [2.24, 2.45) is 23.2 Å². The molecule has 3 amide bonds. The van der Waals surface area contributed by atoms with Crippen LogP contribution in [0.2, 0.25) is 0 Å². The molecule has 0 radical (unpaired) electrons. The van der Waals surface area contributed by atoms with Crippen LogP contribution in [0.1, 0.15) is 72.1 Å². The maximum atomic E-state index is 14.3. The van der Waals surface area contributed by atoms with Crippen LogP contribution < -0.4 is 0 Å². The summed E-state index contributed by atoms with van der Waals surface area (Å²) in [5.74, 6) is -0.136. The first-order chi connectivity index (χ1) is 15.8. The summed E-state index contributed by atoms with van der Waals surface area (Å²) in [4.78, 5) is 44.4. The number of carbonyl (C=O) groups is 3. The highest BCUT2D eigenvalue weighted by atomic mass is 16.3. The van der Waals surface area contributed by atoms with Crippen LogP contribution in [0.15, 0.2) is 24.3 Å². The first kappa shape index (κ1) is 19.7. The highest BCUT2D eigenvalue weighted by Gasteiger charge is 2.66. The number of nitriles is 1. The van der Waals surface area contributed by atoms with Gasteiger partial charge in [-0.05, 0) is 81.3 Å². The maximum absolute atomic E-state index is 14.3. The zero-order chi connectivity index (χ0) is 22.7. The van der Waals surface area contributed by atoms with Gasteiger partial charge in [0.25, 0.3) is 11.8 Å². The lowest BCUT2D eigenvalue weighted by atomic mass is 9.46. The smallest absolute Gasteiger partial charge is 0.262 e. The van der Waals surface area contributed by atoms with E-state index in [0.29, 0.717) is 41.7 Å². The van der Waals surface area contributed by atoms with Crippen molar-refractivity contribution in [1.29, 1.82) is 5.26 Å². The van der Waals surface area contributed by atoms with Gasteiger partial charge in [-0.1, -0.05) is 12.1 Å². The first-order valence-electron chi connectivity index (χ1n) is 12.2. The number of rotatable bonds is 3. The summed E-state index contributed by atoms with van der Waals surface area (Å²) in [5, 5.41) is 21.2. The van der Waals surface area contributed by atoms with E-state index < -0.39 is 34.9 Å². The van der Waals surface area contributed by atoms with Gasteiger partial charge in [-0.15, -0.1) is 0 Å². The molecule has 1 saturated heterocycles. The van der Waals surface area contributed by atoms with E-state index in [2.05, 4.69) is 6.07 Å². The minimum Gasteiger partial charge on any atom is -0.390 e. The summed E-state index contributed by atoms with van der Waals surface area (Å²) >= 11 is 0. The van der Waals surface area contributed by atoms with Gasteiger partial charge in [-0.3, -0.25) is 19.3 Å². The Morgan fingerprint density at radius 3 is 2.24 bits per heavy atom. The fourth-order valence-corrected chi connectivity index (χ4v) is 8.72. The Hall–Kier alpha value is -2.72. The van der Waals surface area contributed by atoms with Gasteiger partial charge in [0.2, 0.25) is 5.91 Å². The average molecular weight is 446 g/mol. The summed E-state index contributed by atoms with van der Waals surface area (Å²) < 4.78 is 0. The van der Waals surface area contributed by atoms with E-state index in [4.69, 9.17) is 0 Å². The molecule has 7 aliphatic rings. The van der Waals surface area contributed by atoms with Gasteiger partial charge < -0.3 is 10.0 Å². The van der Waals surface area contributed by atoms with E-state index in [1.165, 1.54) is 4.90 Å². The van der Waals surface area contributed by atoms with Crippen LogP contribution in [-0.4, -0.2) is 56.4 Å². The zero-order valence-corrected chi connectivity index (χ0v) is 18.4. The normalized spacial score (nSPS) is 42.8. The van der Waals surface area contributed by atoms with Gasteiger partial charge in [0.1, 0.15) is 12.1 Å². The van der Waals surface area contributed by atoms with Crippen molar-refractivity contribution in [2.45, 2.75) is 75.1 Å². The Morgan fingerprint density at radius 1 is 1.03 bits per heavy atom. The molecule has 0 aromatic heterocycles. The number of piperidine rings is 1. The van der Waals surface area contributed by atoms with E-state index in [0.717, 1.165) is 38.5 Å². The van der Waals surface area contributed by atoms with E-state index in [9.17, 15) is 24.8 Å². The van der Waals surface area contributed by atoms with Crippen LogP contribution in [0.5, 0.6) is 0 Å². The topological polar surface area (TPSA) is 102 Å². The van der Waals surface area contributed by atoms with Crippen molar-refractivity contribution in [3.05, 3.63) is 35.4 Å². The molecular formula is C26H27N3O4. The fraction of sp³-hybridized carbons (Fsp3) is 0.615. The predicted octanol–water partition coefficient (Wildman–Crippen LogP) is 2.50. The lowest BCUT2D eigenvalue weighted by molar-refractivity contribution is -0.186. The van der Waals surface area contributed by atoms with Crippen LogP contribution >= 0.6 is 0 Å². The zero-order valence-electron chi connectivity index (χ0n) is 18.4. The second-order valence-corrected chi connectivity index (χ2v) is 11.7. The summed E-state index contributed by atoms with van der Waals surface area (Å²) in [6, 6.07) is 7.63. The number of aliphatic hydroxyl groups is 1. The van der Waals surface area contributed by atoms with Gasteiger partial charge in [0.05, 0.1) is 22.8 Å². The van der Waals surface area contributed by atoms with Crippen LogP contribution in [0, 0.1) is 34.5 Å². The molecule has 170 valence electrons. The molecule has 4 bridgehead atoms. The number of carbonyl (C=O) groups excluding carboxylic acids is 3. The van der Waals surface area contributed by atoms with Crippen molar-refractivity contribution in [3.63, 3.8) is 0 Å². The highest BCUT2D eigenvalue weighted by Crippen LogP contribution is 2.64. The molecule has 5 aliphatic carbocycles. The molecule has 1 aromatic rings. The third-order valence-corrected chi connectivity index (χ3v) is 9.48. The van der Waals surface area contributed by atoms with Gasteiger partial charge in [0, 0.05) is 11.5 Å². The quantitative estimate of drug-likeness (QED) is 0.721. The maximum Gasteiger partial charge on any atom is 0.262 e. The summed E-state index contributed by atoms with van der Waals surface area (Å²) in [7, 11) is 0. The molecule has 2 aliphatic heterocycles. The molecule has 6 unspecified atom stereocenters. The molecule has 2 heterocycles. The number of likely N-dealkylation sites (tertiary alicyclic amines) is 1. The van der Waals surface area contributed by atoms with Crippen LogP contribution in [0.4, 0.5) is 0 Å². The monoisotopic (exact) mass is 445 g/mol. The van der Waals surface area contributed by atoms with Gasteiger partial charge >= 0.3 is 0 Å². The Labute approximate surface area is 192 Å². The fourth-order valence-electron chi connectivity index (χ4n) is 8.72. The number of amides is 3. The summed E-state index contributed by atoms with van der Waals surface area (Å²) in [6.45, 7) is 0. The molecule has 1 aromatic carbocycles. The average Bonchev–Trinajstić information content (AvgIpc) is 3.36. The molecule has 6 fully saturated rings. The Balaban J connectivity index is 1.36. The molecule has 1 N–H and O–H groups in total. The predicted molar refractivity (Wildman–Crippen MR) is 116 cm³/mol. The van der Waals surface area contributed by atoms with E-state index in [1.54, 1.807) is 29.2 Å². The van der Waals surface area contributed by atoms with Crippen LogP contribution in [0.25, 0.3) is 0 Å². The molecule has 6 atom stereocenters. The number of imide groups is 1. The Bertz CT molecular complexity index is 1110. The Morgan fingerprint density at radius 2 is 1.67 bits per heavy atom. The molecule has 33 heavy (non-hydrogen) atoms. The second-order valence-electron chi connectivity index (χ2n) is 11.7. The van der Waals surface area contributed by atoms with E-state index in [1.807, 2.05) is 0 Å². The minimum absolute atomic E-state index is 0.0387. The largest absolute Gasteiger partial charge is 0.390 e. The third-order valence-electron chi connectivity index (χ3n) is 9.48. The number of nitrogens with zero attached hydrogens (tertiary/aromatic N) is 3. The standard InChI is InChI=1S/C26H27N3O4/c27-12-17-6-16-7-20(16)28(17)24(32)21(29-22(30)18-3-1-2-4-19(18)23(29)31)25-8-14-5-15(9-25)11-26(33,10-14)13-25/h1-4,14-17,20-21,33H,5-11,13H2. The van der Waals surface area contributed by atoms with Gasteiger partial charge in [-0.2, -0.15) is 5.26 Å².